The minimum atomic E-state index is 0.878. The molecule has 2 unspecified atom stereocenters. The molecule has 2 aliphatic carbocycles. The van der Waals surface area contributed by atoms with E-state index in [1.54, 1.807) is 0 Å². The van der Waals surface area contributed by atoms with Crippen LogP contribution in [-0.2, 0) is 0 Å². The lowest BCUT2D eigenvalue weighted by Crippen LogP contribution is -2.53. The number of rotatable bonds is 6. The minimum Gasteiger partial charge on any atom is -0.312 e. The van der Waals surface area contributed by atoms with Crippen molar-refractivity contribution in [2.75, 3.05) is 39.8 Å². The van der Waals surface area contributed by atoms with Crippen molar-refractivity contribution in [3.63, 3.8) is 0 Å². The molecule has 3 nitrogen and oxygen atoms in total. The maximum Gasteiger partial charge on any atom is 0.0145 e. The number of piperidine rings is 2. The van der Waals surface area contributed by atoms with Crippen LogP contribution in [0.25, 0.3) is 0 Å². The first kappa shape index (κ1) is 14.5. The van der Waals surface area contributed by atoms with Gasteiger partial charge >= 0.3 is 0 Å². The molecule has 0 aromatic heterocycles. The average Bonchev–Trinajstić information content (AvgIpc) is 3.38. The molecule has 0 radical (unpaired) electrons. The molecule has 1 N–H and O–H groups in total. The van der Waals surface area contributed by atoms with Gasteiger partial charge in [-0.05, 0) is 82.8 Å². The van der Waals surface area contributed by atoms with Crippen LogP contribution in [0.2, 0.25) is 0 Å². The molecule has 3 heteroatoms. The zero-order valence-electron chi connectivity index (χ0n) is 13.8. The van der Waals surface area contributed by atoms with E-state index in [0.717, 1.165) is 29.8 Å². The lowest BCUT2D eigenvalue weighted by atomic mass is 9.84. The van der Waals surface area contributed by atoms with Crippen molar-refractivity contribution in [3.8, 4) is 0 Å². The molecule has 2 saturated heterocycles. The molecule has 2 aliphatic heterocycles. The van der Waals surface area contributed by atoms with Gasteiger partial charge in [-0.2, -0.15) is 0 Å². The molecule has 0 amide bonds. The third-order valence-corrected chi connectivity index (χ3v) is 6.50. The van der Waals surface area contributed by atoms with Crippen molar-refractivity contribution >= 4 is 0 Å². The second-order valence-electron chi connectivity index (χ2n) is 8.19. The van der Waals surface area contributed by atoms with Crippen LogP contribution in [0.15, 0.2) is 0 Å². The summed E-state index contributed by atoms with van der Waals surface area (Å²) in [5.74, 6) is 3.02. The van der Waals surface area contributed by atoms with Crippen molar-refractivity contribution in [2.45, 2.75) is 57.0 Å². The maximum atomic E-state index is 3.92. The SMILES string of the molecule is CN1CCCC2CN(CCNC(C3CC3)C3CC3)CCC21. The molecule has 4 fully saturated rings. The zero-order valence-corrected chi connectivity index (χ0v) is 13.8. The molecule has 2 atom stereocenters. The van der Waals surface area contributed by atoms with E-state index in [1.807, 2.05) is 0 Å². The van der Waals surface area contributed by atoms with Crippen LogP contribution in [0.1, 0.15) is 44.9 Å². The molecule has 0 spiro atoms. The standard InChI is InChI=1S/C18H33N3/c1-20-10-2-3-16-13-21(11-8-17(16)20)12-9-19-18(14-4-5-14)15-6-7-15/h14-19H,2-13H2,1H3. The third kappa shape index (κ3) is 3.46. The Kier molecular flexibility index (Phi) is 4.25. The Morgan fingerprint density at radius 3 is 2.48 bits per heavy atom. The molecular weight excluding hydrogens is 258 g/mol. The molecule has 2 heterocycles. The van der Waals surface area contributed by atoms with Crippen LogP contribution in [0.4, 0.5) is 0 Å². The van der Waals surface area contributed by atoms with E-state index in [-0.39, 0.29) is 0 Å². The number of fused-ring (bicyclic) bond motifs is 1. The van der Waals surface area contributed by atoms with Gasteiger partial charge in [0.1, 0.15) is 0 Å². The summed E-state index contributed by atoms with van der Waals surface area (Å²) in [6.07, 6.45) is 10.3. The smallest absolute Gasteiger partial charge is 0.0145 e. The van der Waals surface area contributed by atoms with Crippen LogP contribution >= 0.6 is 0 Å². The number of hydrogen-bond donors (Lipinski definition) is 1. The highest BCUT2D eigenvalue weighted by Gasteiger charge is 2.41. The van der Waals surface area contributed by atoms with Gasteiger partial charge in [-0.25, -0.2) is 0 Å². The quantitative estimate of drug-likeness (QED) is 0.809. The van der Waals surface area contributed by atoms with E-state index >= 15 is 0 Å². The summed E-state index contributed by atoms with van der Waals surface area (Å²) >= 11 is 0. The molecule has 0 aromatic rings. The Morgan fingerprint density at radius 1 is 1.00 bits per heavy atom. The maximum absolute atomic E-state index is 3.92. The monoisotopic (exact) mass is 291 g/mol. The molecule has 4 rings (SSSR count). The fourth-order valence-electron chi connectivity index (χ4n) is 4.95. The Labute approximate surface area is 130 Å². The predicted molar refractivity (Wildman–Crippen MR) is 87.4 cm³/mol. The van der Waals surface area contributed by atoms with Gasteiger partial charge in [0, 0.05) is 31.7 Å². The Bertz CT molecular complexity index is 338. The Balaban J connectivity index is 1.21. The van der Waals surface area contributed by atoms with E-state index in [1.165, 1.54) is 77.7 Å². The van der Waals surface area contributed by atoms with Gasteiger partial charge in [0.05, 0.1) is 0 Å². The molecule has 2 saturated carbocycles. The fourth-order valence-corrected chi connectivity index (χ4v) is 4.95. The number of nitrogens with zero attached hydrogens (tertiary/aromatic N) is 2. The molecule has 0 aromatic carbocycles. The molecular formula is C18H33N3. The van der Waals surface area contributed by atoms with Gasteiger partial charge in [0.2, 0.25) is 0 Å². The highest BCUT2D eigenvalue weighted by Crippen LogP contribution is 2.44. The van der Waals surface area contributed by atoms with Crippen LogP contribution in [-0.4, -0.2) is 61.7 Å². The van der Waals surface area contributed by atoms with Crippen LogP contribution in [0, 0.1) is 17.8 Å². The van der Waals surface area contributed by atoms with Crippen molar-refractivity contribution < 1.29 is 0 Å². The highest BCUT2D eigenvalue weighted by molar-refractivity contribution is 4.96. The third-order valence-electron chi connectivity index (χ3n) is 6.50. The van der Waals surface area contributed by atoms with Crippen LogP contribution in [0.3, 0.4) is 0 Å². The Morgan fingerprint density at radius 2 is 1.76 bits per heavy atom. The van der Waals surface area contributed by atoms with E-state index in [9.17, 15) is 0 Å². The summed E-state index contributed by atoms with van der Waals surface area (Å²) in [6, 6.07) is 1.76. The van der Waals surface area contributed by atoms with Crippen molar-refractivity contribution in [1.29, 1.82) is 0 Å². The molecule has 120 valence electrons. The largest absolute Gasteiger partial charge is 0.312 e. The topological polar surface area (TPSA) is 18.5 Å². The van der Waals surface area contributed by atoms with Gasteiger partial charge < -0.3 is 15.1 Å². The second kappa shape index (κ2) is 6.17. The molecule has 4 aliphatic rings. The number of nitrogens with one attached hydrogen (secondary N) is 1. The van der Waals surface area contributed by atoms with E-state index in [0.29, 0.717) is 0 Å². The highest BCUT2D eigenvalue weighted by atomic mass is 15.2. The van der Waals surface area contributed by atoms with Crippen molar-refractivity contribution in [2.24, 2.45) is 17.8 Å². The summed E-state index contributed by atoms with van der Waals surface area (Å²) in [4.78, 5) is 5.37. The van der Waals surface area contributed by atoms with Gasteiger partial charge in [0.25, 0.3) is 0 Å². The van der Waals surface area contributed by atoms with Gasteiger partial charge in [-0.1, -0.05) is 0 Å². The first-order valence-corrected chi connectivity index (χ1v) is 9.47. The predicted octanol–water partition coefficient (Wildman–Crippen LogP) is 2.18. The first-order valence-electron chi connectivity index (χ1n) is 9.47. The number of hydrogen-bond acceptors (Lipinski definition) is 3. The summed E-state index contributed by atoms with van der Waals surface area (Å²) in [6.45, 7) is 6.51. The van der Waals surface area contributed by atoms with E-state index in [2.05, 4.69) is 22.2 Å². The van der Waals surface area contributed by atoms with E-state index < -0.39 is 0 Å². The fraction of sp³-hybridized carbons (Fsp3) is 1.00. The average molecular weight is 291 g/mol. The second-order valence-corrected chi connectivity index (χ2v) is 8.19. The van der Waals surface area contributed by atoms with E-state index in [4.69, 9.17) is 0 Å². The summed E-state index contributed by atoms with van der Waals surface area (Å²) in [7, 11) is 2.34. The van der Waals surface area contributed by atoms with Crippen LogP contribution in [0.5, 0.6) is 0 Å². The number of likely N-dealkylation sites (tertiary alicyclic amines) is 2. The zero-order chi connectivity index (χ0) is 14.2. The van der Waals surface area contributed by atoms with Gasteiger partial charge in [-0.3, -0.25) is 0 Å². The van der Waals surface area contributed by atoms with Gasteiger partial charge in [-0.15, -0.1) is 0 Å². The van der Waals surface area contributed by atoms with Crippen molar-refractivity contribution in [1.82, 2.24) is 15.1 Å². The normalized spacial score (nSPS) is 35.1. The molecule has 21 heavy (non-hydrogen) atoms. The van der Waals surface area contributed by atoms with Gasteiger partial charge in [0.15, 0.2) is 0 Å². The Hall–Kier alpha value is -0.120. The minimum absolute atomic E-state index is 0.878. The first-order chi connectivity index (χ1) is 10.3. The molecule has 0 bridgehead atoms. The van der Waals surface area contributed by atoms with Crippen molar-refractivity contribution in [3.05, 3.63) is 0 Å². The summed E-state index contributed by atoms with van der Waals surface area (Å²) in [5.41, 5.74) is 0. The van der Waals surface area contributed by atoms with Crippen LogP contribution < -0.4 is 5.32 Å². The lowest BCUT2D eigenvalue weighted by Gasteiger charge is -2.46. The summed E-state index contributed by atoms with van der Waals surface area (Å²) in [5, 5.41) is 3.92. The lowest BCUT2D eigenvalue weighted by molar-refractivity contribution is 0.0387. The summed E-state index contributed by atoms with van der Waals surface area (Å²) < 4.78 is 0.